The lowest BCUT2D eigenvalue weighted by Crippen LogP contribution is -2.43. The number of oxazole rings is 1. The van der Waals surface area contributed by atoms with Crippen molar-refractivity contribution in [3.05, 3.63) is 17.3 Å². The number of nitrogens with zero attached hydrogens (tertiary/aromatic N) is 1. The number of primary amides is 1. The molecular weight excluding hydrogens is 242 g/mol. The van der Waals surface area contributed by atoms with Crippen molar-refractivity contribution in [2.45, 2.75) is 26.3 Å². The van der Waals surface area contributed by atoms with Gasteiger partial charge in [0.05, 0.1) is 12.1 Å². The number of hydrogen-bond donors (Lipinski definition) is 3. The van der Waals surface area contributed by atoms with Crippen LogP contribution in [0.2, 0.25) is 0 Å². The molecule has 2 amide bonds. The molecule has 1 atom stereocenters. The predicted octanol–water partition coefficient (Wildman–Crippen LogP) is -0.650. The maximum atomic E-state index is 11.7. The number of aromatic nitrogens is 1. The van der Waals surface area contributed by atoms with E-state index in [1.54, 1.807) is 13.8 Å². The fraction of sp³-hybridized carbons (Fsp3) is 0.400. The van der Waals surface area contributed by atoms with E-state index in [0.29, 0.717) is 11.6 Å². The lowest BCUT2D eigenvalue weighted by molar-refractivity contribution is -0.140. The van der Waals surface area contributed by atoms with Crippen molar-refractivity contribution in [2.24, 2.45) is 5.73 Å². The molecule has 0 saturated heterocycles. The summed E-state index contributed by atoms with van der Waals surface area (Å²) in [5.41, 5.74) is 5.23. The van der Waals surface area contributed by atoms with Crippen LogP contribution < -0.4 is 11.1 Å². The number of carbonyl (C=O) groups is 3. The summed E-state index contributed by atoms with van der Waals surface area (Å²) in [6, 6.07) is -1.39. The quantitative estimate of drug-likeness (QED) is 0.639. The lowest BCUT2D eigenvalue weighted by atomic mass is 10.2. The van der Waals surface area contributed by atoms with Crippen LogP contribution >= 0.6 is 0 Å². The van der Waals surface area contributed by atoms with Crippen molar-refractivity contribution < 1.29 is 23.9 Å². The maximum Gasteiger partial charge on any atom is 0.326 e. The second-order valence-electron chi connectivity index (χ2n) is 3.68. The second-order valence-corrected chi connectivity index (χ2v) is 3.68. The highest BCUT2D eigenvalue weighted by molar-refractivity contribution is 5.96. The summed E-state index contributed by atoms with van der Waals surface area (Å²) in [5.74, 6) is -2.71. The molecule has 0 aliphatic carbocycles. The normalized spacial score (nSPS) is 11.9. The van der Waals surface area contributed by atoms with Gasteiger partial charge in [0.2, 0.25) is 11.7 Å². The van der Waals surface area contributed by atoms with E-state index in [0.717, 1.165) is 0 Å². The standard InChI is InChI=1S/C10H13N3O5/c1-4-8(18-5(2)12-4)9(15)13-6(10(16)17)3-7(11)14/h6H,3H2,1-2H3,(H2,11,14)(H,13,15)(H,16,17). The zero-order chi connectivity index (χ0) is 13.9. The van der Waals surface area contributed by atoms with Gasteiger partial charge in [0.1, 0.15) is 6.04 Å². The second kappa shape index (κ2) is 5.30. The minimum atomic E-state index is -1.39. The molecule has 8 nitrogen and oxygen atoms in total. The Bertz CT molecular complexity index is 494. The molecule has 18 heavy (non-hydrogen) atoms. The van der Waals surface area contributed by atoms with Gasteiger partial charge in [-0.3, -0.25) is 9.59 Å². The highest BCUT2D eigenvalue weighted by Crippen LogP contribution is 2.09. The Labute approximate surface area is 102 Å². The van der Waals surface area contributed by atoms with Crippen LogP contribution in [0.1, 0.15) is 28.6 Å². The first-order chi connectivity index (χ1) is 8.31. The third-order valence-corrected chi connectivity index (χ3v) is 2.12. The van der Waals surface area contributed by atoms with Crippen LogP contribution in [0, 0.1) is 13.8 Å². The van der Waals surface area contributed by atoms with Crippen molar-refractivity contribution in [1.29, 1.82) is 0 Å². The highest BCUT2D eigenvalue weighted by atomic mass is 16.4. The molecule has 0 saturated carbocycles. The molecule has 0 aromatic carbocycles. The fourth-order valence-corrected chi connectivity index (χ4v) is 1.37. The molecule has 0 radical (unpaired) electrons. The molecule has 0 bridgehead atoms. The van der Waals surface area contributed by atoms with E-state index < -0.39 is 30.2 Å². The first-order valence-electron chi connectivity index (χ1n) is 5.07. The third-order valence-electron chi connectivity index (χ3n) is 2.12. The zero-order valence-corrected chi connectivity index (χ0v) is 9.89. The van der Waals surface area contributed by atoms with Crippen molar-refractivity contribution in [3.63, 3.8) is 0 Å². The van der Waals surface area contributed by atoms with Gasteiger partial charge in [-0.2, -0.15) is 0 Å². The molecule has 1 heterocycles. The van der Waals surface area contributed by atoms with Crippen LogP contribution in [-0.4, -0.2) is 33.9 Å². The van der Waals surface area contributed by atoms with Crippen LogP contribution in [0.3, 0.4) is 0 Å². The molecule has 0 aliphatic heterocycles. The maximum absolute atomic E-state index is 11.7. The van der Waals surface area contributed by atoms with Gasteiger partial charge in [-0.15, -0.1) is 0 Å². The van der Waals surface area contributed by atoms with Crippen LogP contribution in [0.15, 0.2) is 4.42 Å². The number of aliphatic carboxylic acids is 1. The molecule has 8 heteroatoms. The number of nitrogens with two attached hydrogens (primary N) is 1. The topological polar surface area (TPSA) is 136 Å². The Balaban J connectivity index is 2.81. The zero-order valence-electron chi connectivity index (χ0n) is 9.89. The van der Waals surface area contributed by atoms with E-state index in [-0.39, 0.29) is 5.76 Å². The van der Waals surface area contributed by atoms with Gasteiger partial charge in [-0.05, 0) is 6.92 Å². The molecular formula is C10H13N3O5. The number of nitrogens with one attached hydrogen (secondary N) is 1. The fourth-order valence-electron chi connectivity index (χ4n) is 1.37. The molecule has 1 aromatic rings. The van der Waals surface area contributed by atoms with Gasteiger partial charge in [0.15, 0.2) is 5.89 Å². The Morgan fingerprint density at radius 2 is 2.06 bits per heavy atom. The molecule has 0 spiro atoms. The Morgan fingerprint density at radius 3 is 2.44 bits per heavy atom. The average Bonchev–Trinajstić information content (AvgIpc) is 2.56. The van der Waals surface area contributed by atoms with E-state index in [9.17, 15) is 14.4 Å². The van der Waals surface area contributed by atoms with Gasteiger partial charge < -0.3 is 20.6 Å². The number of carboxylic acids is 1. The summed E-state index contributed by atoms with van der Waals surface area (Å²) in [6.07, 6.45) is -0.493. The number of amides is 2. The number of hydrogen-bond acceptors (Lipinski definition) is 5. The summed E-state index contributed by atoms with van der Waals surface area (Å²) in [6.45, 7) is 3.11. The van der Waals surface area contributed by atoms with Crippen molar-refractivity contribution in [1.82, 2.24) is 10.3 Å². The highest BCUT2D eigenvalue weighted by Gasteiger charge is 2.25. The average molecular weight is 255 g/mol. The SMILES string of the molecule is Cc1nc(C)c(C(=O)NC(CC(N)=O)C(=O)O)o1. The van der Waals surface area contributed by atoms with Gasteiger partial charge >= 0.3 is 5.97 Å². The summed E-state index contributed by atoms with van der Waals surface area (Å²) in [5, 5.41) is 11.0. The summed E-state index contributed by atoms with van der Waals surface area (Å²) in [4.78, 5) is 37.1. The first-order valence-corrected chi connectivity index (χ1v) is 5.07. The summed E-state index contributed by atoms with van der Waals surface area (Å²) >= 11 is 0. The number of rotatable bonds is 5. The molecule has 1 unspecified atom stereocenters. The number of carboxylic acid groups (broad SMARTS) is 1. The number of aryl methyl sites for hydroxylation is 2. The minimum absolute atomic E-state index is 0.0804. The van der Waals surface area contributed by atoms with Crippen molar-refractivity contribution >= 4 is 17.8 Å². The van der Waals surface area contributed by atoms with Gasteiger partial charge in [0, 0.05) is 6.92 Å². The van der Waals surface area contributed by atoms with Crippen LogP contribution in [0.5, 0.6) is 0 Å². The summed E-state index contributed by atoms with van der Waals surface area (Å²) in [7, 11) is 0. The smallest absolute Gasteiger partial charge is 0.326 e. The molecule has 0 fully saturated rings. The van der Waals surface area contributed by atoms with Gasteiger partial charge in [0.25, 0.3) is 5.91 Å². The monoisotopic (exact) mass is 255 g/mol. The van der Waals surface area contributed by atoms with Crippen molar-refractivity contribution in [2.75, 3.05) is 0 Å². The van der Waals surface area contributed by atoms with E-state index in [4.69, 9.17) is 15.3 Å². The van der Waals surface area contributed by atoms with E-state index in [1.165, 1.54) is 0 Å². The Hall–Kier alpha value is -2.38. The number of carbonyl (C=O) groups excluding carboxylic acids is 2. The van der Waals surface area contributed by atoms with Crippen LogP contribution in [0.4, 0.5) is 0 Å². The minimum Gasteiger partial charge on any atom is -0.480 e. The molecule has 98 valence electrons. The van der Waals surface area contributed by atoms with Crippen LogP contribution in [0.25, 0.3) is 0 Å². The van der Waals surface area contributed by atoms with Crippen molar-refractivity contribution in [3.8, 4) is 0 Å². The van der Waals surface area contributed by atoms with Gasteiger partial charge in [-0.25, -0.2) is 9.78 Å². The molecule has 1 aromatic heterocycles. The largest absolute Gasteiger partial charge is 0.480 e. The van der Waals surface area contributed by atoms with E-state index in [1.807, 2.05) is 0 Å². The Kier molecular flexibility index (Phi) is 4.03. The molecule has 1 rings (SSSR count). The third kappa shape index (κ3) is 3.30. The van der Waals surface area contributed by atoms with E-state index in [2.05, 4.69) is 10.3 Å². The van der Waals surface area contributed by atoms with E-state index >= 15 is 0 Å². The predicted molar refractivity (Wildman–Crippen MR) is 58.7 cm³/mol. The van der Waals surface area contributed by atoms with Gasteiger partial charge in [-0.1, -0.05) is 0 Å². The molecule has 4 N–H and O–H groups in total. The van der Waals surface area contributed by atoms with Crippen LogP contribution in [-0.2, 0) is 9.59 Å². The summed E-state index contributed by atoms with van der Waals surface area (Å²) < 4.78 is 5.03. The lowest BCUT2D eigenvalue weighted by Gasteiger charge is -2.11. The Morgan fingerprint density at radius 1 is 1.44 bits per heavy atom. The first kappa shape index (κ1) is 13.7. The molecule has 0 aliphatic rings.